The van der Waals surface area contributed by atoms with E-state index in [1.807, 2.05) is 6.07 Å². The Labute approximate surface area is 115 Å². The first-order valence-corrected chi connectivity index (χ1v) is 6.55. The maximum Gasteiger partial charge on any atom is 0.124 e. The van der Waals surface area contributed by atoms with Gasteiger partial charge in [0.25, 0.3) is 0 Å². The van der Waals surface area contributed by atoms with Crippen LogP contribution in [0.2, 0.25) is 0 Å². The lowest BCUT2D eigenvalue weighted by Crippen LogP contribution is -2.04. The van der Waals surface area contributed by atoms with E-state index in [9.17, 15) is 0 Å². The van der Waals surface area contributed by atoms with Crippen LogP contribution in [0.15, 0.2) is 36.4 Å². The van der Waals surface area contributed by atoms with E-state index in [2.05, 4.69) is 56.4 Å². The molecule has 0 unspecified atom stereocenters. The number of methoxy groups -OCH3 is 1. The second kappa shape index (κ2) is 5.79. The Morgan fingerprint density at radius 3 is 2.32 bits per heavy atom. The van der Waals surface area contributed by atoms with Crippen LogP contribution in [0.4, 0.5) is 5.69 Å². The van der Waals surface area contributed by atoms with Crippen molar-refractivity contribution < 1.29 is 4.74 Å². The van der Waals surface area contributed by atoms with E-state index >= 15 is 0 Å². The van der Waals surface area contributed by atoms with Gasteiger partial charge in [0.05, 0.1) is 7.11 Å². The van der Waals surface area contributed by atoms with Crippen molar-refractivity contribution in [1.29, 1.82) is 0 Å². The molecule has 0 saturated heterocycles. The normalized spacial score (nSPS) is 10.3. The molecule has 0 spiro atoms. The van der Waals surface area contributed by atoms with Gasteiger partial charge < -0.3 is 10.1 Å². The molecule has 1 N–H and O–H groups in total. The van der Waals surface area contributed by atoms with E-state index in [1.54, 1.807) is 7.11 Å². The highest BCUT2D eigenvalue weighted by molar-refractivity contribution is 5.52. The largest absolute Gasteiger partial charge is 0.496 e. The van der Waals surface area contributed by atoms with E-state index in [0.29, 0.717) is 0 Å². The van der Waals surface area contributed by atoms with Gasteiger partial charge in [-0.25, -0.2) is 0 Å². The zero-order valence-corrected chi connectivity index (χ0v) is 12.1. The third kappa shape index (κ3) is 3.08. The Hall–Kier alpha value is -1.96. The standard InChI is InChI=1S/C17H21NO/c1-12-7-5-6-8-16(12)18-11-15-9-13(2)14(3)10-17(15)19-4/h5-10,18H,11H2,1-4H3. The molecule has 0 atom stereocenters. The second-order valence-electron chi connectivity index (χ2n) is 4.92. The molecule has 0 radical (unpaired) electrons. The minimum atomic E-state index is 0.773. The van der Waals surface area contributed by atoms with Crippen LogP contribution >= 0.6 is 0 Å². The number of aryl methyl sites for hydroxylation is 3. The lowest BCUT2D eigenvalue weighted by Gasteiger charge is -2.14. The predicted molar refractivity (Wildman–Crippen MR) is 81.0 cm³/mol. The molecular weight excluding hydrogens is 234 g/mol. The highest BCUT2D eigenvalue weighted by atomic mass is 16.5. The molecule has 0 aliphatic heterocycles. The van der Waals surface area contributed by atoms with Gasteiger partial charge in [0.15, 0.2) is 0 Å². The van der Waals surface area contributed by atoms with Gasteiger partial charge in [-0.3, -0.25) is 0 Å². The lowest BCUT2D eigenvalue weighted by molar-refractivity contribution is 0.410. The number of anilines is 1. The number of rotatable bonds is 4. The summed E-state index contributed by atoms with van der Waals surface area (Å²) < 4.78 is 5.46. The summed E-state index contributed by atoms with van der Waals surface area (Å²) in [7, 11) is 1.72. The summed E-state index contributed by atoms with van der Waals surface area (Å²) in [6.45, 7) is 7.12. The fourth-order valence-corrected chi connectivity index (χ4v) is 2.14. The molecule has 100 valence electrons. The van der Waals surface area contributed by atoms with Crippen LogP contribution in [0.1, 0.15) is 22.3 Å². The van der Waals surface area contributed by atoms with E-state index in [4.69, 9.17) is 4.74 Å². The Balaban J connectivity index is 2.20. The molecule has 0 fully saturated rings. The van der Waals surface area contributed by atoms with Gasteiger partial charge in [-0.1, -0.05) is 24.3 Å². The van der Waals surface area contributed by atoms with Crippen molar-refractivity contribution in [3.63, 3.8) is 0 Å². The first-order valence-electron chi connectivity index (χ1n) is 6.55. The third-order valence-corrected chi connectivity index (χ3v) is 3.51. The van der Waals surface area contributed by atoms with Crippen molar-refractivity contribution in [2.24, 2.45) is 0 Å². The molecule has 0 aromatic heterocycles. The summed E-state index contributed by atoms with van der Waals surface area (Å²) >= 11 is 0. The highest BCUT2D eigenvalue weighted by Gasteiger charge is 2.06. The summed E-state index contributed by atoms with van der Waals surface area (Å²) in [5.41, 5.74) is 6.17. The van der Waals surface area contributed by atoms with Gasteiger partial charge in [0.2, 0.25) is 0 Å². The van der Waals surface area contributed by atoms with E-state index in [1.165, 1.54) is 27.9 Å². The maximum atomic E-state index is 5.46. The quantitative estimate of drug-likeness (QED) is 0.882. The van der Waals surface area contributed by atoms with Crippen LogP contribution < -0.4 is 10.1 Å². The minimum absolute atomic E-state index is 0.773. The molecule has 0 aliphatic carbocycles. The van der Waals surface area contributed by atoms with Gasteiger partial charge in [-0.05, 0) is 49.6 Å². The summed E-state index contributed by atoms with van der Waals surface area (Å²) in [5.74, 6) is 0.948. The van der Waals surface area contributed by atoms with Crippen LogP contribution in [-0.4, -0.2) is 7.11 Å². The summed E-state index contributed by atoms with van der Waals surface area (Å²) in [6, 6.07) is 12.6. The molecule has 0 amide bonds. The molecule has 2 rings (SSSR count). The van der Waals surface area contributed by atoms with Gasteiger partial charge in [0, 0.05) is 17.8 Å². The van der Waals surface area contributed by atoms with Crippen molar-refractivity contribution in [3.05, 3.63) is 58.7 Å². The van der Waals surface area contributed by atoms with Crippen LogP contribution in [-0.2, 0) is 6.54 Å². The molecular formula is C17H21NO. The van der Waals surface area contributed by atoms with Gasteiger partial charge in [0.1, 0.15) is 5.75 Å². The average molecular weight is 255 g/mol. The molecule has 2 heteroatoms. The molecule has 0 bridgehead atoms. The van der Waals surface area contributed by atoms with Crippen LogP contribution in [0.3, 0.4) is 0 Å². The second-order valence-corrected chi connectivity index (χ2v) is 4.92. The van der Waals surface area contributed by atoms with Crippen LogP contribution in [0, 0.1) is 20.8 Å². The predicted octanol–water partition coefficient (Wildman–Crippen LogP) is 4.23. The van der Waals surface area contributed by atoms with Crippen molar-refractivity contribution in [2.75, 3.05) is 12.4 Å². The molecule has 2 nitrogen and oxygen atoms in total. The summed E-state index contributed by atoms with van der Waals surface area (Å²) in [6.07, 6.45) is 0. The fraction of sp³-hybridized carbons (Fsp3) is 0.294. The number of para-hydroxylation sites is 1. The van der Waals surface area contributed by atoms with Gasteiger partial charge in [-0.2, -0.15) is 0 Å². The number of hydrogen-bond donors (Lipinski definition) is 1. The number of benzene rings is 2. The molecule has 2 aromatic rings. The first-order chi connectivity index (χ1) is 9.11. The number of hydrogen-bond acceptors (Lipinski definition) is 2. The third-order valence-electron chi connectivity index (χ3n) is 3.51. The van der Waals surface area contributed by atoms with E-state index in [0.717, 1.165) is 12.3 Å². The molecule has 2 aromatic carbocycles. The summed E-state index contributed by atoms with van der Waals surface area (Å²) in [4.78, 5) is 0. The average Bonchev–Trinajstić information content (AvgIpc) is 2.41. The molecule has 19 heavy (non-hydrogen) atoms. The first kappa shape index (κ1) is 13.5. The monoisotopic (exact) mass is 255 g/mol. The van der Waals surface area contributed by atoms with Crippen LogP contribution in [0.25, 0.3) is 0 Å². The Morgan fingerprint density at radius 1 is 0.947 bits per heavy atom. The topological polar surface area (TPSA) is 21.3 Å². The number of ether oxygens (including phenoxy) is 1. The van der Waals surface area contributed by atoms with Gasteiger partial charge in [-0.15, -0.1) is 0 Å². The van der Waals surface area contributed by atoms with Crippen LogP contribution in [0.5, 0.6) is 5.75 Å². The van der Waals surface area contributed by atoms with Crippen molar-refractivity contribution in [1.82, 2.24) is 0 Å². The number of nitrogens with one attached hydrogen (secondary N) is 1. The highest BCUT2D eigenvalue weighted by Crippen LogP contribution is 2.24. The zero-order valence-electron chi connectivity index (χ0n) is 12.1. The van der Waals surface area contributed by atoms with Crippen molar-refractivity contribution >= 4 is 5.69 Å². The Bertz CT molecular complexity index is 575. The fourth-order valence-electron chi connectivity index (χ4n) is 2.14. The molecule has 0 heterocycles. The van der Waals surface area contributed by atoms with Crippen molar-refractivity contribution in [3.8, 4) is 5.75 Å². The minimum Gasteiger partial charge on any atom is -0.496 e. The SMILES string of the molecule is COc1cc(C)c(C)cc1CNc1ccccc1C. The van der Waals surface area contributed by atoms with Crippen molar-refractivity contribution in [2.45, 2.75) is 27.3 Å². The lowest BCUT2D eigenvalue weighted by atomic mass is 10.0. The molecule has 0 aliphatic rings. The maximum absolute atomic E-state index is 5.46. The Morgan fingerprint density at radius 2 is 1.63 bits per heavy atom. The zero-order chi connectivity index (χ0) is 13.8. The van der Waals surface area contributed by atoms with E-state index in [-0.39, 0.29) is 0 Å². The smallest absolute Gasteiger partial charge is 0.124 e. The van der Waals surface area contributed by atoms with E-state index < -0.39 is 0 Å². The Kier molecular flexibility index (Phi) is 4.10. The summed E-state index contributed by atoms with van der Waals surface area (Å²) in [5, 5.41) is 3.47. The van der Waals surface area contributed by atoms with Gasteiger partial charge >= 0.3 is 0 Å². The molecule has 0 saturated carbocycles.